The van der Waals surface area contributed by atoms with Crippen LogP contribution in [-0.4, -0.2) is 110 Å². The summed E-state index contributed by atoms with van der Waals surface area (Å²) in [6.07, 6.45) is 44.0. The first-order chi connectivity index (χ1) is 36.4. The van der Waals surface area contributed by atoms with E-state index in [0.717, 1.165) is 77.3 Å². The number of unbranched alkanes of at least 4 members (excludes halogenated alkanes) is 29. The molecule has 75 heavy (non-hydrogen) atoms. The van der Waals surface area contributed by atoms with Crippen molar-refractivity contribution in [3.63, 3.8) is 0 Å². The molecule has 4 amide bonds. The fraction of sp³-hybridized carbons (Fsp3) is 0.905. The summed E-state index contributed by atoms with van der Waals surface area (Å²) >= 11 is 0. The second-order valence-corrected chi connectivity index (χ2v) is 22.5. The number of nitrogens with one attached hydrogen (secondary N) is 4. The third-order valence-electron chi connectivity index (χ3n) is 15.1. The Morgan fingerprint density at radius 1 is 0.347 bits per heavy atom. The van der Waals surface area contributed by atoms with E-state index >= 15 is 0 Å². The van der Waals surface area contributed by atoms with E-state index in [4.69, 9.17) is 0 Å². The zero-order valence-electron chi connectivity index (χ0n) is 50.1. The van der Waals surface area contributed by atoms with Gasteiger partial charge in [-0.2, -0.15) is 0 Å². The minimum absolute atomic E-state index is 0.0491. The van der Waals surface area contributed by atoms with Crippen molar-refractivity contribution in [2.45, 2.75) is 304 Å². The Morgan fingerprint density at radius 2 is 0.640 bits per heavy atom. The average Bonchev–Trinajstić information content (AvgIpc) is 3.39. The fourth-order valence-electron chi connectivity index (χ4n) is 9.84. The van der Waals surface area contributed by atoms with Gasteiger partial charge in [-0.25, -0.2) is 0 Å². The summed E-state index contributed by atoms with van der Waals surface area (Å²) in [6.45, 7) is 17.8. The van der Waals surface area contributed by atoms with Crippen LogP contribution in [0.3, 0.4) is 0 Å². The highest BCUT2D eigenvalue weighted by Crippen LogP contribution is 2.15. The topological polar surface area (TPSA) is 157 Å². The molecule has 0 saturated carbocycles. The smallest absolute Gasteiger partial charge is 0.223 e. The lowest BCUT2D eigenvalue weighted by Gasteiger charge is -2.23. The predicted octanol–water partition coefficient (Wildman–Crippen LogP) is 13.9. The maximum Gasteiger partial charge on any atom is 0.223 e. The first-order valence-corrected chi connectivity index (χ1v) is 32.0. The lowest BCUT2D eigenvalue weighted by molar-refractivity contribution is -0.129. The quantitative estimate of drug-likeness (QED) is 0.0439. The fourth-order valence-corrected chi connectivity index (χ4v) is 9.84. The summed E-state index contributed by atoms with van der Waals surface area (Å²) in [6, 6.07) is -0.551. The molecule has 12 nitrogen and oxygen atoms in total. The molecule has 0 aliphatic carbocycles. The lowest BCUT2D eigenvalue weighted by Crippen LogP contribution is -2.42. The van der Waals surface area contributed by atoms with Gasteiger partial charge in [-0.3, -0.25) is 28.8 Å². The van der Waals surface area contributed by atoms with Gasteiger partial charge < -0.3 is 31.1 Å². The number of amides is 4. The number of nitrogens with zero attached hydrogens (tertiary/aromatic N) is 2. The molecule has 0 rings (SSSR count). The third-order valence-corrected chi connectivity index (χ3v) is 15.1. The van der Waals surface area contributed by atoms with Crippen LogP contribution in [0.5, 0.6) is 0 Å². The molecule has 0 aliphatic heterocycles. The summed E-state index contributed by atoms with van der Waals surface area (Å²) < 4.78 is 0. The van der Waals surface area contributed by atoms with Crippen molar-refractivity contribution < 1.29 is 28.8 Å². The maximum absolute atomic E-state index is 13.4. The maximum atomic E-state index is 13.4. The first kappa shape index (κ1) is 72.1. The Hall–Kier alpha value is -2.86. The Balaban J connectivity index is 4.86. The highest BCUT2D eigenvalue weighted by Gasteiger charge is 2.21. The molecule has 440 valence electrons. The highest BCUT2D eigenvalue weighted by molar-refractivity contribution is 5.88. The zero-order valence-corrected chi connectivity index (χ0v) is 50.1. The summed E-state index contributed by atoms with van der Waals surface area (Å²) in [5.41, 5.74) is 0. The zero-order chi connectivity index (χ0) is 55.3. The van der Waals surface area contributed by atoms with E-state index in [1.54, 1.807) is 6.92 Å². The van der Waals surface area contributed by atoms with Crippen LogP contribution in [0.4, 0.5) is 0 Å². The molecule has 0 aromatic carbocycles. The molecule has 0 aromatic rings. The molecule has 0 aliphatic rings. The van der Waals surface area contributed by atoms with Crippen LogP contribution in [0.15, 0.2) is 0 Å². The Bertz CT molecular complexity index is 1340. The van der Waals surface area contributed by atoms with Crippen molar-refractivity contribution in [2.75, 3.05) is 58.9 Å². The van der Waals surface area contributed by atoms with Gasteiger partial charge in [0.1, 0.15) is 5.78 Å². The third kappa shape index (κ3) is 50.4. The van der Waals surface area contributed by atoms with Crippen LogP contribution in [-0.2, 0) is 28.8 Å². The van der Waals surface area contributed by atoms with Crippen molar-refractivity contribution >= 4 is 35.2 Å². The van der Waals surface area contributed by atoms with E-state index in [0.29, 0.717) is 84.3 Å². The van der Waals surface area contributed by atoms with Gasteiger partial charge in [-0.1, -0.05) is 207 Å². The molecule has 2 atom stereocenters. The molecule has 0 aromatic heterocycles. The van der Waals surface area contributed by atoms with Crippen LogP contribution in [0.25, 0.3) is 0 Å². The number of carbonyl (C=O) groups excluding carboxylic acids is 6. The number of rotatable bonds is 58. The minimum atomic E-state index is -0.551. The van der Waals surface area contributed by atoms with Crippen molar-refractivity contribution in [1.82, 2.24) is 31.1 Å². The van der Waals surface area contributed by atoms with Gasteiger partial charge in [0, 0.05) is 77.4 Å². The van der Waals surface area contributed by atoms with Crippen molar-refractivity contribution in [2.24, 2.45) is 5.92 Å². The summed E-state index contributed by atoms with van der Waals surface area (Å²) in [5, 5.41) is 12.4. The van der Waals surface area contributed by atoms with E-state index < -0.39 is 6.04 Å². The van der Waals surface area contributed by atoms with Crippen molar-refractivity contribution in [3.8, 4) is 0 Å². The molecule has 0 spiro atoms. The van der Waals surface area contributed by atoms with Crippen LogP contribution in [0.2, 0.25) is 0 Å². The van der Waals surface area contributed by atoms with Gasteiger partial charge in [0.2, 0.25) is 23.6 Å². The van der Waals surface area contributed by atoms with Crippen LogP contribution < -0.4 is 21.3 Å². The van der Waals surface area contributed by atoms with Crippen LogP contribution in [0.1, 0.15) is 298 Å². The van der Waals surface area contributed by atoms with E-state index in [-0.39, 0.29) is 41.1 Å². The average molecular weight is 1060 g/mol. The monoisotopic (exact) mass is 1060 g/mol. The number of hydrogen-bond acceptors (Lipinski definition) is 8. The van der Waals surface area contributed by atoms with E-state index in [1.807, 2.05) is 6.92 Å². The second kappa shape index (κ2) is 54.5. The normalized spacial score (nSPS) is 12.3. The molecular weight excluding hydrogens is 937 g/mol. The van der Waals surface area contributed by atoms with Gasteiger partial charge in [0.25, 0.3) is 0 Å². The van der Waals surface area contributed by atoms with Gasteiger partial charge >= 0.3 is 0 Å². The van der Waals surface area contributed by atoms with Gasteiger partial charge in [0.15, 0.2) is 5.78 Å². The number of ketones is 2. The van der Waals surface area contributed by atoms with Crippen molar-refractivity contribution in [1.29, 1.82) is 0 Å². The Kier molecular flexibility index (Phi) is 52.4. The summed E-state index contributed by atoms with van der Waals surface area (Å²) in [7, 11) is 0. The van der Waals surface area contributed by atoms with Gasteiger partial charge in [-0.05, 0) is 78.3 Å². The van der Waals surface area contributed by atoms with Crippen LogP contribution in [0, 0.1) is 5.92 Å². The standard InChI is InChI=1S/C63H122N6O6/c1-7-10-13-16-19-22-25-28-31-36-47-64-60(72)44-53-68(52-43-57(5)70)51-40-35-42-59(58(6)71)67-63(75)56(4)41-34-39-50-69(54-45-61(73)65-48-37-32-29-26-23-20-17-14-11-8-2)55-46-62(74)66-49-38-33-30-27-24-21-18-15-12-9-3/h56,59H,7-55H2,1-6H3,(H,64,72)(H,65,73)(H,66,74)(H,67,75). The molecule has 0 heterocycles. The number of carbonyl (C=O) groups is 6. The van der Waals surface area contributed by atoms with Gasteiger partial charge in [-0.15, -0.1) is 0 Å². The van der Waals surface area contributed by atoms with Crippen molar-refractivity contribution in [3.05, 3.63) is 0 Å². The van der Waals surface area contributed by atoms with Gasteiger partial charge in [0.05, 0.1) is 6.04 Å². The molecule has 4 N–H and O–H groups in total. The summed E-state index contributed by atoms with van der Waals surface area (Å²) in [5.74, 6) is -0.132. The largest absolute Gasteiger partial charge is 0.356 e. The SMILES string of the molecule is CCCCCCCCCCCCNC(=O)CCN(CCCCC(NC(=O)C(C)CCCCN(CCC(=O)NCCCCCCCCCCCC)CCC(=O)NCCCCCCCCCCCC)C(C)=O)CCC(C)=O. The predicted molar refractivity (Wildman–Crippen MR) is 316 cm³/mol. The molecule has 0 fully saturated rings. The Morgan fingerprint density at radius 3 is 0.947 bits per heavy atom. The Labute approximate surface area is 462 Å². The molecule has 0 saturated heterocycles. The first-order valence-electron chi connectivity index (χ1n) is 32.0. The van der Waals surface area contributed by atoms with E-state index in [2.05, 4.69) is 51.8 Å². The minimum Gasteiger partial charge on any atom is -0.356 e. The lowest BCUT2D eigenvalue weighted by atomic mass is 10.0. The molecule has 2 unspecified atom stereocenters. The number of Topliss-reactive ketones (excluding diaryl/α,β-unsaturated/α-hetero) is 2. The molecular formula is C63H122N6O6. The highest BCUT2D eigenvalue weighted by atomic mass is 16.2. The molecule has 12 heteroatoms. The van der Waals surface area contributed by atoms with E-state index in [9.17, 15) is 28.8 Å². The van der Waals surface area contributed by atoms with Crippen LogP contribution >= 0.6 is 0 Å². The molecule has 0 radical (unpaired) electrons. The summed E-state index contributed by atoms with van der Waals surface area (Å²) in [4.78, 5) is 80.8. The number of hydrogen-bond donors (Lipinski definition) is 4. The van der Waals surface area contributed by atoms with E-state index in [1.165, 1.54) is 161 Å². The second-order valence-electron chi connectivity index (χ2n) is 22.5. The molecule has 0 bridgehead atoms.